The second-order valence-corrected chi connectivity index (χ2v) is 29.0. The van der Waals surface area contributed by atoms with Gasteiger partial charge in [0.05, 0.1) is 11.7 Å². The largest absolute Gasteiger partial charge is 0.396 e. The van der Waals surface area contributed by atoms with E-state index in [0.29, 0.717) is 12.2 Å². The fourth-order valence-electron chi connectivity index (χ4n) is 11.3. The van der Waals surface area contributed by atoms with Gasteiger partial charge in [-0.15, -0.1) is 0 Å². The van der Waals surface area contributed by atoms with Crippen molar-refractivity contribution < 1.29 is 68.1 Å². The minimum atomic E-state index is -1.67. The molecule has 13 atom stereocenters. The molecule has 1 heterocycles. The molecule has 1 aliphatic rings. The maximum absolute atomic E-state index is 15.3. The number of thioether (sulfide) groups is 1. The fourth-order valence-corrected chi connectivity index (χ4v) is 12.4. The first-order valence-electron chi connectivity index (χ1n) is 32.8. The van der Waals surface area contributed by atoms with Gasteiger partial charge in [0, 0.05) is 68.1 Å². The Bertz CT molecular complexity index is 2510. The summed E-state index contributed by atoms with van der Waals surface area (Å²) in [5.41, 5.74) is -1.60. The van der Waals surface area contributed by atoms with Crippen molar-refractivity contribution in [1.82, 2.24) is 55.6 Å². The predicted molar refractivity (Wildman–Crippen MR) is 358 cm³/mol. The molecule has 1 fully saturated rings. The third kappa shape index (κ3) is 24.2. The monoisotopic (exact) mass is 1320 g/mol. The summed E-state index contributed by atoms with van der Waals surface area (Å²) in [4.78, 5) is 172. The molecule has 1 rings (SSSR count). The number of nitrogens with one attached hydrogen (secondary N) is 4. The normalized spacial score (nSPS) is 26.7. The number of allylic oxidation sites excluding steroid dienone is 2. The number of carbonyl (C=O) groups excluding carboxylic acids is 11. The Balaban J connectivity index is 4.55. The van der Waals surface area contributed by atoms with E-state index in [4.69, 9.17) is 0 Å². The summed E-state index contributed by atoms with van der Waals surface area (Å²) in [5, 5.41) is 44.2. The van der Waals surface area contributed by atoms with Gasteiger partial charge in [-0.3, -0.25) is 52.7 Å². The fraction of sp³-hybridized carbons (Fsp3) is 0.803. The van der Waals surface area contributed by atoms with Gasteiger partial charge < -0.3 is 70.9 Å². The first kappa shape index (κ1) is 84.2. The van der Waals surface area contributed by atoms with Crippen molar-refractivity contribution in [3.8, 4) is 0 Å². The number of likely N-dealkylation sites (N-methyl/N-ethyl adjacent to an activating group) is 7. The van der Waals surface area contributed by atoms with E-state index in [-0.39, 0.29) is 68.6 Å². The van der Waals surface area contributed by atoms with Crippen LogP contribution < -0.4 is 21.3 Å². The van der Waals surface area contributed by atoms with Gasteiger partial charge in [-0.25, -0.2) is 0 Å². The van der Waals surface area contributed by atoms with Crippen molar-refractivity contribution in [2.45, 2.75) is 241 Å². The van der Waals surface area contributed by atoms with E-state index >= 15 is 28.8 Å². The summed E-state index contributed by atoms with van der Waals surface area (Å²) >= 11 is 1.24. The second-order valence-electron chi connectivity index (χ2n) is 27.8. The zero-order chi connectivity index (χ0) is 71.3. The summed E-state index contributed by atoms with van der Waals surface area (Å²) in [5.74, 6) is -10.3. The van der Waals surface area contributed by atoms with E-state index in [9.17, 15) is 39.3 Å². The first-order valence-corrected chi connectivity index (χ1v) is 33.9. The zero-order valence-electron chi connectivity index (χ0n) is 60.0. The number of amides is 11. The molecule has 0 aromatic rings. The van der Waals surface area contributed by atoms with Crippen molar-refractivity contribution in [2.75, 3.05) is 67.4 Å². The number of carbonyl (C=O) groups is 11. The van der Waals surface area contributed by atoms with Crippen LogP contribution in [0.25, 0.3) is 0 Å². The Kier molecular flexibility index (Phi) is 35.2. The molecule has 0 spiro atoms. The average Bonchev–Trinajstić information content (AvgIpc) is 0.865. The second kappa shape index (κ2) is 38.5. The standard InChI is InChI=1S/C66H119N11O14S/c1-25-27-29-42(13)54(79)53-58(83)69-45(26-2)60(85)75(22)50(36-92-31-28-30-78)63(88)74(21)49(35-66(16,17)91)57(82)70-51(40(9)10)64(89)71(18)46(32-37(3)4)56(81)67-43(14)55(80)68-44(15)59(84)72(19)47(33-38(5)6)61(86)73(20)48(34-39(7)8)62(87)76(23)52(41(11)12)65(90)77(53)24/h25,27,37-54,78-79,91H,26,28-36H2,1-24H3,(H,67,81)(H,68,80)(H,69,83)(H,70,82)/t42-,43+,44-,45+,46+,47+,48+,49+,50-,51+,52+,53+,54-/m1/s1. The molecular weight excluding hydrogens is 1200 g/mol. The SMILES string of the molecule is CC=CC[C@@H](C)[C@@H](O)[C@H]1C(=O)N[C@@H](CC)C(=O)N(C)[C@H](CSCCCO)C(=O)N(C)[C@@H](CC(C)(C)O)C(=O)N[C@@H](C(C)C)C(=O)N(C)[C@@H](CC(C)C)C(=O)N[C@@H](C)C(=O)N[C@H](C)C(=O)N(C)[C@@H](CC(C)C)C(=O)N(C)[C@@H](CC(C)C)C(=O)N(C)[C@@H](C(C)C)C(=O)N1C. The molecule has 1 saturated heterocycles. The molecule has 0 bridgehead atoms. The number of hydrogen-bond donors (Lipinski definition) is 7. The summed E-state index contributed by atoms with van der Waals surface area (Å²) in [6.07, 6.45) is 2.57. The molecule has 528 valence electrons. The molecule has 0 unspecified atom stereocenters. The van der Waals surface area contributed by atoms with Crippen LogP contribution in [0.4, 0.5) is 0 Å². The maximum atomic E-state index is 15.3. The average molecular weight is 1320 g/mol. The minimum Gasteiger partial charge on any atom is -0.396 e. The van der Waals surface area contributed by atoms with Gasteiger partial charge in [0.2, 0.25) is 65.0 Å². The smallest absolute Gasteiger partial charge is 0.246 e. The molecule has 0 aromatic heterocycles. The van der Waals surface area contributed by atoms with Crippen LogP contribution in [0.5, 0.6) is 0 Å². The van der Waals surface area contributed by atoms with Gasteiger partial charge >= 0.3 is 0 Å². The molecule has 0 aromatic carbocycles. The molecule has 0 saturated carbocycles. The van der Waals surface area contributed by atoms with Gasteiger partial charge in [0.15, 0.2) is 0 Å². The highest BCUT2D eigenvalue weighted by molar-refractivity contribution is 7.99. The van der Waals surface area contributed by atoms with Crippen molar-refractivity contribution >= 4 is 76.7 Å². The van der Waals surface area contributed by atoms with Gasteiger partial charge in [0.1, 0.15) is 66.5 Å². The van der Waals surface area contributed by atoms with Crippen LogP contribution >= 0.6 is 11.8 Å². The lowest BCUT2D eigenvalue weighted by Crippen LogP contribution is -2.64. The zero-order valence-corrected chi connectivity index (χ0v) is 60.8. The van der Waals surface area contributed by atoms with E-state index in [1.165, 1.54) is 108 Å². The predicted octanol–water partition coefficient (Wildman–Crippen LogP) is 2.87. The van der Waals surface area contributed by atoms with Crippen molar-refractivity contribution in [1.29, 1.82) is 0 Å². The van der Waals surface area contributed by atoms with Crippen LogP contribution in [0.2, 0.25) is 0 Å². The van der Waals surface area contributed by atoms with E-state index in [0.717, 1.165) is 14.7 Å². The van der Waals surface area contributed by atoms with Gasteiger partial charge in [-0.1, -0.05) is 95.2 Å². The number of aliphatic hydroxyl groups is 3. The minimum absolute atomic E-state index is 0.0508. The number of rotatable bonds is 20. The van der Waals surface area contributed by atoms with Crippen molar-refractivity contribution in [2.24, 2.45) is 35.5 Å². The molecule has 11 amide bonds. The van der Waals surface area contributed by atoms with Gasteiger partial charge in [-0.05, 0) is 114 Å². The Morgan fingerprint density at radius 1 is 0.511 bits per heavy atom. The highest BCUT2D eigenvalue weighted by Crippen LogP contribution is 2.27. The lowest BCUT2D eigenvalue weighted by molar-refractivity contribution is -0.157. The van der Waals surface area contributed by atoms with Crippen molar-refractivity contribution in [3.63, 3.8) is 0 Å². The quantitative estimate of drug-likeness (QED) is 0.0681. The van der Waals surface area contributed by atoms with E-state index in [2.05, 4.69) is 21.3 Å². The highest BCUT2D eigenvalue weighted by atomic mass is 32.2. The van der Waals surface area contributed by atoms with Crippen LogP contribution in [0, 0.1) is 35.5 Å². The third-order valence-corrected chi connectivity index (χ3v) is 18.2. The first-order chi connectivity index (χ1) is 42.5. The van der Waals surface area contributed by atoms with Crippen LogP contribution in [0.15, 0.2) is 12.2 Å². The molecular formula is C66H119N11O14S. The number of nitrogens with zero attached hydrogens (tertiary/aromatic N) is 7. The molecule has 1 aliphatic heterocycles. The summed E-state index contributed by atoms with van der Waals surface area (Å²) in [7, 11) is 9.72. The Hall–Kier alpha value is -5.86. The summed E-state index contributed by atoms with van der Waals surface area (Å²) in [6, 6.07) is -14.6. The van der Waals surface area contributed by atoms with E-state index in [1.54, 1.807) is 60.6 Å². The van der Waals surface area contributed by atoms with Gasteiger partial charge in [-0.2, -0.15) is 11.8 Å². The maximum Gasteiger partial charge on any atom is 0.246 e. The topological polar surface area (TPSA) is 319 Å². The van der Waals surface area contributed by atoms with Crippen molar-refractivity contribution in [3.05, 3.63) is 12.2 Å². The van der Waals surface area contributed by atoms with Crippen LogP contribution in [0.1, 0.15) is 163 Å². The molecule has 92 heavy (non-hydrogen) atoms. The summed E-state index contributed by atoms with van der Waals surface area (Å²) in [6.45, 7) is 28.6. The van der Waals surface area contributed by atoms with E-state index in [1.807, 2.05) is 41.5 Å². The molecule has 0 aliphatic carbocycles. The number of aliphatic hydroxyl groups excluding tert-OH is 2. The Morgan fingerprint density at radius 3 is 1.41 bits per heavy atom. The van der Waals surface area contributed by atoms with Crippen LogP contribution in [0.3, 0.4) is 0 Å². The molecule has 7 N–H and O–H groups in total. The van der Waals surface area contributed by atoms with Crippen LogP contribution in [-0.2, 0) is 52.7 Å². The molecule has 0 radical (unpaired) electrons. The van der Waals surface area contributed by atoms with Gasteiger partial charge in [0.25, 0.3) is 0 Å². The molecule has 26 heteroatoms. The lowest BCUT2D eigenvalue weighted by Gasteiger charge is -2.41. The van der Waals surface area contributed by atoms with E-state index < -0.39 is 161 Å². The lowest BCUT2D eigenvalue weighted by atomic mass is 9.91. The Morgan fingerprint density at radius 2 is 0.946 bits per heavy atom. The van der Waals surface area contributed by atoms with Crippen LogP contribution in [-0.4, -0.2) is 260 Å². The third-order valence-electron chi connectivity index (χ3n) is 17.1. The number of hydrogen-bond acceptors (Lipinski definition) is 15. The Labute approximate surface area is 554 Å². The highest BCUT2D eigenvalue weighted by Gasteiger charge is 2.47. The molecule has 25 nitrogen and oxygen atoms in total. The summed E-state index contributed by atoms with van der Waals surface area (Å²) < 4.78 is 0.